The third-order valence-electron chi connectivity index (χ3n) is 3.40. The van der Waals surface area contributed by atoms with Crippen LogP contribution in [-0.4, -0.2) is 22.9 Å². The van der Waals surface area contributed by atoms with E-state index in [1.54, 1.807) is 0 Å². The maximum Gasteiger partial charge on any atom is 0.371 e. The van der Waals surface area contributed by atoms with Crippen LogP contribution >= 0.6 is 0 Å². The van der Waals surface area contributed by atoms with Gasteiger partial charge in [-0.3, -0.25) is 4.79 Å². The fourth-order valence-corrected chi connectivity index (χ4v) is 2.21. The predicted octanol–water partition coefficient (Wildman–Crippen LogP) is 2.42. The van der Waals surface area contributed by atoms with E-state index in [1.807, 2.05) is 0 Å². The van der Waals surface area contributed by atoms with Crippen LogP contribution in [0, 0.1) is 5.92 Å². The number of alkyl halides is 2. The molecule has 1 aromatic rings. The Balaban J connectivity index is 1.81. The number of carboxylic acids is 1. The van der Waals surface area contributed by atoms with Gasteiger partial charge in [-0.15, -0.1) is 0 Å². The van der Waals surface area contributed by atoms with Crippen LogP contribution in [0.2, 0.25) is 0 Å². The molecule has 1 aromatic heterocycles. The highest BCUT2D eigenvalue weighted by molar-refractivity contribution is 5.84. The van der Waals surface area contributed by atoms with Crippen LogP contribution in [0.5, 0.6) is 0 Å². The molecule has 1 saturated carbocycles. The van der Waals surface area contributed by atoms with Crippen molar-refractivity contribution >= 4 is 11.9 Å². The van der Waals surface area contributed by atoms with Crippen molar-refractivity contribution in [2.24, 2.45) is 5.92 Å². The molecule has 0 bridgehead atoms. The lowest BCUT2D eigenvalue weighted by Gasteiger charge is -2.27. The van der Waals surface area contributed by atoms with E-state index in [-0.39, 0.29) is 43.9 Å². The lowest BCUT2D eigenvalue weighted by molar-refractivity contribution is -0.129. The Hall–Kier alpha value is -1.92. The average molecular weight is 287 g/mol. The molecule has 0 spiro atoms. The van der Waals surface area contributed by atoms with Crippen molar-refractivity contribution in [2.45, 2.75) is 38.2 Å². The van der Waals surface area contributed by atoms with E-state index >= 15 is 0 Å². The molecule has 0 atom stereocenters. The number of furan rings is 1. The maximum absolute atomic E-state index is 13.0. The summed E-state index contributed by atoms with van der Waals surface area (Å²) in [6.45, 7) is 0.0546. The van der Waals surface area contributed by atoms with Crippen molar-refractivity contribution < 1.29 is 27.9 Å². The number of rotatable bonds is 4. The molecule has 0 aromatic carbocycles. The zero-order valence-electron chi connectivity index (χ0n) is 10.7. The minimum Gasteiger partial charge on any atom is -0.475 e. The highest BCUT2D eigenvalue weighted by Gasteiger charge is 2.37. The predicted molar refractivity (Wildman–Crippen MR) is 64.4 cm³/mol. The number of carbonyl (C=O) groups excluding carboxylic acids is 1. The van der Waals surface area contributed by atoms with Crippen LogP contribution in [0.4, 0.5) is 8.78 Å². The topological polar surface area (TPSA) is 79.5 Å². The van der Waals surface area contributed by atoms with E-state index in [0.29, 0.717) is 5.76 Å². The molecular weight excluding hydrogens is 272 g/mol. The molecule has 2 N–H and O–H groups in total. The van der Waals surface area contributed by atoms with Crippen molar-refractivity contribution in [2.75, 3.05) is 0 Å². The van der Waals surface area contributed by atoms with Crippen LogP contribution in [0.3, 0.4) is 0 Å². The Morgan fingerprint density at radius 1 is 1.35 bits per heavy atom. The maximum atomic E-state index is 13.0. The molecule has 5 nitrogen and oxygen atoms in total. The van der Waals surface area contributed by atoms with E-state index in [0.717, 1.165) is 0 Å². The SMILES string of the molecule is O=C(O)c1ccc(CNC(=O)C2CCC(F)(F)CC2)o1. The van der Waals surface area contributed by atoms with Crippen LogP contribution in [0.15, 0.2) is 16.5 Å². The van der Waals surface area contributed by atoms with Gasteiger partial charge >= 0.3 is 5.97 Å². The van der Waals surface area contributed by atoms with Gasteiger partial charge in [0.1, 0.15) is 5.76 Å². The summed E-state index contributed by atoms with van der Waals surface area (Å²) in [6.07, 6.45) is -0.210. The lowest BCUT2D eigenvalue weighted by Crippen LogP contribution is -2.35. The molecule has 0 radical (unpaired) electrons. The summed E-state index contributed by atoms with van der Waals surface area (Å²) in [5.74, 6) is -4.44. The Morgan fingerprint density at radius 2 is 2.00 bits per heavy atom. The van der Waals surface area contributed by atoms with E-state index < -0.39 is 17.8 Å². The first-order valence-electron chi connectivity index (χ1n) is 6.35. The Morgan fingerprint density at radius 3 is 2.55 bits per heavy atom. The highest BCUT2D eigenvalue weighted by Crippen LogP contribution is 2.36. The Kier molecular flexibility index (Phi) is 4.06. The van der Waals surface area contributed by atoms with Crippen molar-refractivity contribution in [1.82, 2.24) is 5.32 Å². The van der Waals surface area contributed by atoms with Gasteiger partial charge in [0.2, 0.25) is 17.6 Å². The van der Waals surface area contributed by atoms with E-state index in [4.69, 9.17) is 9.52 Å². The summed E-state index contributed by atoms with van der Waals surface area (Å²) < 4.78 is 30.9. The fraction of sp³-hybridized carbons (Fsp3) is 0.538. The molecule has 110 valence electrons. The third kappa shape index (κ3) is 3.55. The second-order valence-electron chi connectivity index (χ2n) is 4.92. The Labute approximate surface area is 114 Å². The van der Waals surface area contributed by atoms with Crippen molar-refractivity contribution in [1.29, 1.82) is 0 Å². The fourth-order valence-electron chi connectivity index (χ4n) is 2.21. The molecule has 0 unspecified atom stereocenters. The summed E-state index contributed by atoms with van der Waals surface area (Å²) in [6, 6.07) is 2.75. The van der Waals surface area contributed by atoms with Crippen LogP contribution in [-0.2, 0) is 11.3 Å². The zero-order chi connectivity index (χ0) is 14.8. The van der Waals surface area contributed by atoms with Crippen molar-refractivity contribution in [3.63, 3.8) is 0 Å². The molecule has 2 rings (SSSR count). The number of aromatic carboxylic acids is 1. The van der Waals surface area contributed by atoms with Crippen LogP contribution in [0.1, 0.15) is 42.0 Å². The van der Waals surface area contributed by atoms with E-state index in [1.165, 1.54) is 12.1 Å². The van der Waals surface area contributed by atoms with Gasteiger partial charge < -0.3 is 14.8 Å². The number of hydrogen-bond donors (Lipinski definition) is 2. The molecule has 20 heavy (non-hydrogen) atoms. The molecule has 1 aliphatic carbocycles. The summed E-state index contributed by atoms with van der Waals surface area (Å²) >= 11 is 0. The first kappa shape index (κ1) is 14.5. The first-order chi connectivity index (χ1) is 9.37. The molecule has 1 heterocycles. The van der Waals surface area contributed by atoms with Gasteiger partial charge in [0.15, 0.2) is 0 Å². The quantitative estimate of drug-likeness (QED) is 0.891. The van der Waals surface area contributed by atoms with E-state index in [2.05, 4.69) is 5.32 Å². The second kappa shape index (κ2) is 5.60. The Bertz CT molecular complexity index is 502. The summed E-state index contributed by atoms with van der Waals surface area (Å²) in [4.78, 5) is 22.4. The summed E-state index contributed by atoms with van der Waals surface area (Å²) in [5.41, 5.74) is 0. The van der Waals surface area contributed by atoms with Gasteiger partial charge in [-0.05, 0) is 25.0 Å². The zero-order valence-corrected chi connectivity index (χ0v) is 10.7. The first-order valence-corrected chi connectivity index (χ1v) is 6.35. The molecule has 7 heteroatoms. The molecule has 1 aliphatic rings. The lowest BCUT2D eigenvalue weighted by atomic mass is 9.86. The summed E-state index contributed by atoms with van der Waals surface area (Å²) in [7, 11) is 0. The number of carbonyl (C=O) groups is 2. The van der Waals surface area contributed by atoms with Gasteiger partial charge in [0, 0.05) is 18.8 Å². The molecule has 1 amide bonds. The number of hydrogen-bond acceptors (Lipinski definition) is 3. The smallest absolute Gasteiger partial charge is 0.371 e. The van der Waals surface area contributed by atoms with Gasteiger partial charge in [-0.2, -0.15) is 0 Å². The van der Waals surface area contributed by atoms with Crippen LogP contribution < -0.4 is 5.32 Å². The second-order valence-corrected chi connectivity index (χ2v) is 4.92. The number of amides is 1. The molecule has 0 saturated heterocycles. The molecular formula is C13H15F2NO4. The largest absolute Gasteiger partial charge is 0.475 e. The average Bonchev–Trinajstić information content (AvgIpc) is 2.85. The van der Waals surface area contributed by atoms with Crippen molar-refractivity contribution in [3.8, 4) is 0 Å². The normalized spacial score (nSPS) is 18.7. The van der Waals surface area contributed by atoms with Gasteiger partial charge in [-0.1, -0.05) is 0 Å². The van der Waals surface area contributed by atoms with Gasteiger partial charge in [0.05, 0.1) is 6.54 Å². The minimum atomic E-state index is -2.66. The minimum absolute atomic E-state index is 0.0546. The number of carboxylic acid groups (broad SMARTS) is 1. The monoisotopic (exact) mass is 287 g/mol. The molecule has 1 fully saturated rings. The van der Waals surface area contributed by atoms with E-state index in [9.17, 15) is 18.4 Å². The van der Waals surface area contributed by atoms with Crippen LogP contribution in [0.25, 0.3) is 0 Å². The highest BCUT2D eigenvalue weighted by atomic mass is 19.3. The van der Waals surface area contributed by atoms with Crippen molar-refractivity contribution in [3.05, 3.63) is 23.7 Å². The van der Waals surface area contributed by atoms with Gasteiger partial charge in [0.25, 0.3) is 0 Å². The van der Waals surface area contributed by atoms with Gasteiger partial charge in [-0.25, -0.2) is 13.6 Å². The molecule has 0 aliphatic heterocycles. The number of nitrogens with one attached hydrogen (secondary N) is 1. The standard InChI is InChI=1S/C13H15F2NO4/c14-13(15)5-3-8(4-6-13)11(17)16-7-9-1-2-10(20-9)12(18)19/h1-2,8H,3-7H2,(H,16,17)(H,18,19). The number of halogens is 2. The third-order valence-corrected chi connectivity index (χ3v) is 3.40. The summed E-state index contributed by atoms with van der Waals surface area (Å²) in [5, 5.41) is 11.3.